The molecule has 0 spiro atoms. The molecule has 1 N–H and O–H groups in total. The number of methoxy groups -OCH3 is 3. The van der Waals surface area contributed by atoms with Gasteiger partial charge in [-0.15, -0.1) is 0 Å². The van der Waals surface area contributed by atoms with Crippen molar-refractivity contribution in [2.75, 3.05) is 21.3 Å². The minimum atomic E-state index is 0.0127. The maximum Gasteiger partial charge on any atom is 0.203 e. The summed E-state index contributed by atoms with van der Waals surface area (Å²) in [5, 5.41) is 11.2. The molecule has 0 atom stereocenters. The lowest BCUT2D eigenvalue weighted by Crippen LogP contribution is -1.96. The molecule has 1 heterocycles. The third-order valence-electron chi connectivity index (χ3n) is 4.30. The number of fused-ring (bicyclic) bond motifs is 1. The van der Waals surface area contributed by atoms with E-state index in [1.807, 2.05) is 38.1 Å². The van der Waals surface area contributed by atoms with Gasteiger partial charge in [0.2, 0.25) is 5.75 Å². The SMILES string of the molecule is COc1cc(-c2cc(C)c3c(OC)ccc(C)c3n2)cc(O)c1OC. The van der Waals surface area contributed by atoms with E-state index in [-0.39, 0.29) is 5.75 Å². The fourth-order valence-corrected chi connectivity index (χ4v) is 3.04. The first-order valence-electron chi connectivity index (χ1n) is 7.90. The fraction of sp³-hybridized carbons (Fsp3) is 0.250. The molecule has 0 aliphatic carbocycles. The molecule has 3 aromatic rings. The van der Waals surface area contributed by atoms with Gasteiger partial charge in [-0.3, -0.25) is 0 Å². The summed E-state index contributed by atoms with van der Waals surface area (Å²) in [6, 6.07) is 9.36. The number of hydrogen-bond acceptors (Lipinski definition) is 5. The van der Waals surface area contributed by atoms with Crippen molar-refractivity contribution in [2.45, 2.75) is 13.8 Å². The number of phenols is 1. The van der Waals surface area contributed by atoms with Crippen LogP contribution in [0.25, 0.3) is 22.2 Å². The topological polar surface area (TPSA) is 60.8 Å². The predicted octanol–water partition coefficient (Wildman–Crippen LogP) is 4.25. The number of benzene rings is 2. The molecule has 0 saturated heterocycles. The highest BCUT2D eigenvalue weighted by atomic mass is 16.5. The molecule has 0 unspecified atom stereocenters. The second-order valence-electron chi connectivity index (χ2n) is 5.86. The molecule has 25 heavy (non-hydrogen) atoms. The summed E-state index contributed by atoms with van der Waals surface area (Å²) < 4.78 is 16.0. The molecule has 3 rings (SSSR count). The molecule has 130 valence electrons. The van der Waals surface area contributed by atoms with E-state index >= 15 is 0 Å². The monoisotopic (exact) mass is 339 g/mol. The lowest BCUT2D eigenvalue weighted by atomic mass is 10.0. The molecular weight excluding hydrogens is 318 g/mol. The van der Waals surface area contributed by atoms with Gasteiger partial charge in [0.1, 0.15) is 5.75 Å². The van der Waals surface area contributed by atoms with E-state index in [0.717, 1.165) is 39.0 Å². The summed E-state index contributed by atoms with van der Waals surface area (Å²) in [6.07, 6.45) is 0. The Kier molecular flexibility index (Phi) is 4.40. The predicted molar refractivity (Wildman–Crippen MR) is 98.0 cm³/mol. The zero-order valence-electron chi connectivity index (χ0n) is 15.0. The van der Waals surface area contributed by atoms with Crippen LogP contribution < -0.4 is 14.2 Å². The zero-order valence-corrected chi connectivity index (χ0v) is 15.0. The van der Waals surface area contributed by atoms with Crippen molar-refractivity contribution in [1.82, 2.24) is 4.98 Å². The highest BCUT2D eigenvalue weighted by Crippen LogP contribution is 2.41. The van der Waals surface area contributed by atoms with Gasteiger partial charge in [-0.1, -0.05) is 6.07 Å². The largest absolute Gasteiger partial charge is 0.504 e. The Balaban J connectivity index is 2.27. The van der Waals surface area contributed by atoms with Crippen molar-refractivity contribution in [3.05, 3.63) is 41.5 Å². The molecule has 0 aliphatic heterocycles. The number of pyridine rings is 1. The average Bonchev–Trinajstić information content (AvgIpc) is 2.61. The van der Waals surface area contributed by atoms with Gasteiger partial charge in [-0.25, -0.2) is 4.98 Å². The van der Waals surface area contributed by atoms with Gasteiger partial charge in [0, 0.05) is 10.9 Å². The van der Waals surface area contributed by atoms with Crippen LogP contribution in [0.3, 0.4) is 0 Å². The molecule has 0 aliphatic rings. The maximum absolute atomic E-state index is 10.2. The van der Waals surface area contributed by atoms with E-state index in [1.165, 1.54) is 14.2 Å². The Bertz CT molecular complexity index is 950. The average molecular weight is 339 g/mol. The van der Waals surface area contributed by atoms with Crippen molar-refractivity contribution in [2.24, 2.45) is 0 Å². The first-order valence-corrected chi connectivity index (χ1v) is 7.90. The molecule has 0 radical (unpaired) electrons. The number of hydrogen-bond donors (Lipinski definition) is 1. The van der Waals surface area contributed by atoms with Crippen LogP contribution in [0.5, 0.6) is 23.0 Å². The highest BCUT2D eigenvalue weighted by molar-refractivity contribution is 5.92. The molecule has 0 bridgehead atoms. The lowest BCUT2D eigenvalue weighted by Gasteiger charge is -2.14. The number of aromatic nitrogens is 1. The summed E-state index contributed by atoms with van der Waals surface area (Å²) in [5.41, 5.74) is 4.49. The van der Waals surface area contributed by atoms with Crippen LogP contribution in [0.2, 0.25) is 0 Å². The van der Waals surface area contributed by atoms with Crippen LogP contribution in [0.15, 0.2) is 30.3 Å². The number of aromatic hydroxyl groups is 1. The Morgan fingerprint density at radius 1 is 0.840 bits per heavy atom. The number of nitrogens with zero attached hydrogens (tertiary/aromatic N) is 1. The minimum Gasteiger partial charge on any atom is -0.504 e. The lowest BCUT2D eigenvalue weighted by molar-refractivity contribution is 0.333. The zero-order chi connectivity index (χ0) is 18.1. The summed E-state index contributed by atoms with van der Waals surface area (Å²) >= 11 is 0. The van der Waals surface area contributed by atoms with Gasteiger partial charge in [-0.05, 0) is 49.2 Å². The van der Waals surface area contributed by atoms with Crippen LogP contribution in [0, 0.1) is 13.8 Å². The van der Waals surface area contributed by atoms with Gasteiger partial charge in [0.05, 0.1) is 32.5 Å². The number of aryl methyl sites for hydroxylation is 2. The summed E-state index contributed by atoms with van der Waals surface area (Å²) in [4.78, 5) is 4.80. The van der Waals surface area contributed by atoms with Crippen LogP contribution in [0.4, 0.5) is 0 Å². The molecule has 2 aromatic carbocycles. The Morgan fingerprint density at radius 2 is 1.56 bits per heavy atom. The van der Waals surface area contributed by atoms with E-state index in [4.69, 9.17) is 19.2 Å². The Morgan fingerprint density at radius 3 is 2.20 bits per heavy atom. The summed E-state index contributed by atoms with van der Waals surface area (Å²) in [7, 11) is 4.68. The van der Waals surface area contributed by atoms with E-state index in [0.29, 0.717) is 11.5 Å². The van der Waals surface area contributed by atoms with E-state index in [1.54, 1.807) is 13.2 Å². The quantitative estimate of drug-likeness (QED) is 0.770. The molecule has 0 saturated carbocycles. The second-order valence-corrected chi connectivity index (χ2v) is 5.86. The number of phenolic OH excluding ortho intramolecular Hbond substituents is 1. The molecule has 5 nitrogen and oxygen atoms in total. The summed E-state index contributed by atoms with van der Waals surface area (Å²) in [5.74, 6) is 1.58. The van der Waals surface area contributed by atoms with Crippen LogP contribution in [-0.2, 0) is 0 Å². The van der Waals surface area contributed by atoms with Crippen molar-refractivity contribution < 1.29 is 19.3 Å². The Hall–Kier alpha value is -2.95. The molecule has 1 aromatic heterocycles. The molecule has 0 amide bonds. The van der Waals surface area contributed by atoms with Gasteiger partial charge in [-0.2, -0.15) is 0 Å². The van der Waals surface area contributed by atoms with Gasteiger partial charge >= 0.3 is 0 Å². The summed E-state index contributed by atoms with van der Waals surface area (Å²) in [6.45, 7) is 4.04. The van der Waals surface area contributed by atoms with Gasteiger partial charge in [0.25, 0.3) is 0 Å². The first kappa shape index (κ1) is 16.9. The van der Waals surface area contributed by atoms with Crippen molar-refractivity contribution in [1.29, 1.82) is 0 Å². The van der Waals surface area contributed by atoms with E-state index in [2.05, 4.69) is 0 Å². The van der Waals surface area contributed by atoms with Crippen molar-refractivity contribution in [3.63, 3.8) is 0 Å². The minimum absolute atomic E-state index is 0.0127. The number of ether oxygens (including phenoxy) is 3. The second kappa shape index (κ2) is 6.51. The molecule has 0 fully saturated rings. The standard InChI is InChI=1S/C20H21NO4/c1-11-6-7-16(23-3)18-12(2)8-14(21-19(11)18)13-9-15(22)20(25-5)17(10-13)24-4/h6-10,22H,1-5H3. The van der Waals surface area contributed by atoms with Gasteiger partial charge < -0.3 is 19.3 Å². The van der Waals surface area contributed by atoms with Crippen molar-refractivity contribution >= 4 is 10.9 Å². The van der Waals surface area contributed by atoms with Crippen LogP contribution in [-0.4, -0.2) is 31.4 Å². The normalized spacial score (nSPS) is 10.8. The fourth-order valence-electron chi connectivity index (χ4n) is 3.04. The molecular formula is C20H21NO4. The van der Waals surface area contributed by atoms with E-state index in [9.17, 15) is 5.11 Å². The van der Waals surface area contributed by atoms with E-state index < -0.39 is 0 Å². The maximum atomic E-state index is 10.2. The smallest absolute Gasteiger partial charge is 0.203 e. The van der Waals surface area contributed by atoms with Gasteiger partial charge in [0.15, 0.2) is 11.5 Å². The van der Waals surface area contributed by atoms with Crippen LogP contribution in [0.1, 0.15) is 11.1 Å². The van der Waals surface area contributed by atoms with Crippen LogP contribution >= 0.6 is 0 Å². The third kappa shape index (κ3) is 2.82. The third-order valence-corrected chi connectivity index (χ3v) is 4.30. The first-order chi connectivity index (χ1) is 12.0. The number of rotatable bonds is 4. The highest BCUT2D eigenvalue weighted by Gasteiger charge is 2.16. The molecule has 5 heteroatoms. The Labute approximate surface area is 146 Å². The van der Waals surface area contributed by atoms with Crippen molar-refractivity contribution in [3.8, 4) is 34.3 Å².